The molecular weight excluding hydrogens is 312 g/mol. The summed E-state index contributed by atoms with van der Waals surface area (Å²) >= 11 is 7.30. The molecule has 0 unspecified atom stereocenters. The van der Waals surface area contributed by atoms with E-state index in [1.54, 1.807) is 6.07 Å². The Labute approximate surface area is 132 Å². The van der Waals surface area contributed by atoms with Crippen LogP contribution < -0.4 is 5.32 Å². The van der Waals surface area contributed by atoms with Crippen molar-refractivity contribution in [3.05, 3.63) is 58.6 Å². The van der Waals surface area contributed by atoms with Gasteiger partial charge in [-0.2, -0.15) is 0 Å². The van der Waals surface area contributed by atoms with Gasteiger partial charge < -0.3 is 5.32 Å². The second kappa shape index (κ2) is 7.25. The first-order valence-corrected chi connectivity index (χ1v) is 7.80. The van der Waals surface area contributed by atoms with Gasteiger partial charge in [-0.1, -0.05) is 37.2 Å². The van der Waals surface area contributed by atoms with Crippen LogP contribution in [-0.4, -0.2) is 6.04 Å². The third kappa shape index (κ3) is 4.70. The van der Waals surface area contributed by atoms with Crippen LogP contribution in [0.4, 0.5) is 8.78 Å². The molecule has 21 heavy (non-hydrogen) atoms. The number of benzene rings is 2. The molecule has 0 spiro atoms. The minimum absolute atomic E-state index is 0.337. The van der Waals surface area contributed by atoms with Gasteiger partial charge in [0, 0.05) is 33.5 Å². The summed E-state index contributed by atoms with van der Waals surface area (Å²) in [6.07, 6.45) is 0. The van der Waals surface area contributed by atoms with Gasteiger partial charge in [0.1, 0.15) is 11.6 Å². The molecule has 0 amide bonds. The largest absolute Gasteiger partial charge is 0.310 e. The number of nitrogens with one attached hydrogen (secondary N) is 1. The van der Waals surface area contributed by atoms with E-state index in [9.17, 15) is 8.78 Å². The van der Waals surface area contributed by atoms with E-state index in [4.69, 9.17) is 11.6 Å². The van der Waals surface area contributed by atoms with Gasteiger partial charge in [-0.25, -0.2) is 8.78 Å². The normalized spacial score (nSPS) is 11.1. The van der Waals surface area contributed by atoms with Crippen LogP contribution in [0.15, 0.2) is 46.2 Å². The zero-order valence-corrected chi connectivity index (χ0v) is 13.4. The monoisotopic (exact) mass is 327 g/mol. The van der Waals surface area contributed by atoms with E-state index in [0.717, 1.165) is 16.5 Å². The highest BCUT2D eigenvalue weighted by Gasteiger charge is 2.10. The van der Waals surface area contributed by atoms with Crippen molar-refractivity contribution in [3.8, 4) is 0 Å². The average molecular weight is 328 g/mol. The summed E-state index contributed by atoms with van der Waals surface area (Å²) in [5.74, 6) is -1.13. The molecule has 0 fully saturated rings. The lowest BCUT2D eigenvalue weighted by atomic mass is 10.2. The van der Waals surface area contributed by atoms with Gasteiger partial charge in [0.25, 0.3) is 0 Å². The van der Waals surface area contributed by atoms with E-state index < -0.39 is 11.6 Å². The molecule has 0 atom stereocenters. The average Bonchev–Trinajstić information content (AvgIpc) is 2.41. The Bertz CT molecular complexity index is 632. The summed E-state index contributed by atoms with van der Waals surface area (Å²) in [6.45, 7) is 4.75. The Morgan fingerprint density at radius 2 is 1.81 bits per heavy atom. The van der Waals surface area contributed by atoms with Gasteiger partial charge in [0.15, 0.2) is 0 Å². The Morgan fingerprint density at radius 1 is 1.10 bits per heavy atom. The van der Waals surface area contributed by atoms with Crippen molar-refractivity contribution in [1.82, 2.24) is 5.32 Å². The topological polar surface area (TPSA) is 12.0 Å². The number of halogens is 3. The zero-order chi connectivity index (χ0) is 15.4. The molecule has 2 rings (SSSR count). The van der Waals surface area contributed by atoms with Crippen molar-refractivity contribution in [2.45, 2.75) is 36.2 Å². The third-order valence-corrected chi connectivity index (χ3v) is 4.24. The van der Waals surface area contributed by atoms with Crippen molar-refractivity contribution < 1.29 is 8.78 Å². The molecule has 2 aromatic carbocycles. The van der Waals surface area contributed by atoms with E-state index in [0.29, 0.717) is 22.5 Å². The third-order valence-electron chi connectivity index (χ3n) is 2.84. The van der Waals surface area contributed by atoms with Crippen molar-refractivity contribution >= 4 is 23.4 Å². The molecular formula is C16H16ClF2NS. The molecule has 0 bridgehead atoms. The summed E-state index contributed by atoms with van der Waals surface area (Å²) in [4.78, 5) is 1.29. The summed E-state index contributed by atoms with van der Waals surface area (Å²) in [6, 6.07) is 9.42. The van der Waals surface area contributed by atoms with Crippen LogP contribution in [0.3, 0.4) is 0 Å². The van der Waals surface area contributed by atoms with Crippen LogP contribution in [0.1, 0.15) is 19.4 Å². The predicted molar refractivity (Wildman–Crippen MR) is 83.9 cm³/mol. The predicted octanol–water partition coefficient (Wildman–Crippen LogP) is 5.27. The second-order valence-electron chi connectivity index (χ2n) is 4.96. The fraction of sp³-hybridized carbons (Fsp3) is 0.250. The molecule has 112 valence electrons. The first-order chi connectivity index (χ1) is 9.95. The fourth-order valence-corrected chi connectivity index (χ4v) is 2.90. The van der Waals surface area contributed by atoms with Gasteiger partial charge in [-0.3, -0.25) is 0 Å². The number of hydrogen-bond donors (Lipinski definition) is 1. The minimum atomic E-state index is -0.574. The van der Waals surface area contributed by atoms with Crippen molar-refractivity contribution in [3.63, 3.8) is 0 Å². The molecule has 0 saturated heterocycles. The zero-order valence-electron chi connectivity index (χ0n) is 11.8. The smallest absolute Gasteiger partial charge is 0.140 e. The highest BCUT2D eigenvalue weighted by molar-refractivity contribution is 7.99. The highest BCUT2D eigenvalue weighted by atomic mass is 35.5. The minimum Gasteiger partial charge on any atom is -0.310 e. The van der Waals surface area contributed by atoms with Crippen molar-refractivity contribution in [2.75, 3.05) is 0 Å². The van der Waals surface area contributed by atoms with Crippen LogP contribution in [0.2, 0.25) is 5.02 Å². The first-order valence-electron chi connectivity index (χ1n) is 6.60. The molecule has 0 aliphatic carbocycles. The van der Waals surface area contributed by atoms with E-state index >= 15 is 0 Å². The van der Waals surface area contributed by atoms with Crippen LogP contribution in [0.25, 0.3) is 0 Å². The Kier molecular flexibility index (Phi) is 5.62. The molecule has 0 aliphatic rings. The lowest BCUT2D eigenvalue weighted by molar-refractivity contribution is 0.565. The van der Waals surface area contributed by atoms with Gasteiger partial charge >= 0.3 is 0 Å². The summed E-state index contributed by atoms with van der Waals surface area (Å²) in [7, 11) is 0. The number of hydrogen-bond acceptors (Lipinski definition) is 2. The molecule has 0 saturated carbocycles. The van der Waals surface area contributed by atoms with E-state index in [1.165, 1.54) is 23.9 Å². The Hall–Kier alpha value is -1.10. The van der Waals surface area contributed by atoms with Gasteiger partial charge in [-0.15, -0.1) is 0 Å². The molecule has 2 aromatic rings. The maximum Gasteiger partial charge on any atom is 0.140 e. The fourth-order valence-electron chi connectivity index (χ4n) is 1.78. The summed E-state index contributed by atoms with van der Waals surface area (Å²) in [5, 5.41) is 3.95. The van der Waals surface area contributed by atoms with Gasteiger partial charge in [0.05, 0.1) is 0 Å². The van der Waals surface area contributed by atoms with Crippen LogP contribution in [-0.2, 0) is 6.54 Å². The molecule has 0 aliphatic heterocycles. The quantitative estimate of drug-likeness (QED) is 0.803. The van der Waals surface area contributed by atoms with Gasteiger partial charge in [0.2, 0.25) is 0 Å². The highest BCUT2D eigenvalue weighted by Crippen LogP contribution is 2.33. The number of rotatable bonds is 5. The maximum atomic E-state index is 13.8. The van der Waals surface area contributed by atoms with Crippen molar-refractivity contribution in [1.29, 1.82) is 0 Å². The van der Waals surface area contributed by atoms with E-state index in [1.807, 2.05) is 12.1 Å². The first kappa shape index (κ1) is 16.3. The molecule has 0 heterocycles. The molecule has 1 nitrogen and oxygen atoms in total. The van der Waals surface area contributed by atoms with E-state index in [-0.39, 0.29) is 0 Å². The van der Waals surface area contributed by atoms with Crippen molar-refractivity contribution in [2.24, 2.45) is 0 Å². The molecule has 0 radical (unpaired) electrons. The SMILES string of the molecule is CC(C)NCc1cc(Cl)ccc1Sc1ccc(F)cc1F. The summed E-state index contributed by atoms with van der Waals surface area (Å²) < 4.78 is 26.7. The second-order valence-corrected chi connectivity index (χ2v) is 6.48. The lowest BCUT2D eigenvalue weighted by Gasteiger charge is -2.13. The molecule has 1 N–H and O–H groups in total. The molecule has 0 aromatic heterocycles. The Morgan fingerprint density at radius 3 is 2.48 bits per heavy atom. The standard InChI is InChI=1S/C16H16ClF2NS/c1-10(2)20-9-11-7-12(17)3-5-15(11)21-16-6-4-13(18)8-14(16)19/h3-8,10,20H,9H2,1-2H3. The lowest BCUT2D eigenvalue weighted by Crippen LogP contribution is -2.22. The maximum absolute atomic E-state index is 13.8. The van der Waals surface area contributed by atoms with E-state index in [2.05, 4.69) is 19.2 Å². The van der Waals surface area contributed by atoms with Crippen LogP contribution >= 0.6 is 23.4 Å². The summed E-state index contributed by atoms with van der Waals surface area (Å²) in [5.41, 5.74) is 0.991. The molecule has 5 heteroatoms. The van der Waals surface area contributed by atoms with Crippen LogP contribution in [0, 0.1) is 11.6 Å². The van der Waals surface area contributed by atoms with Crippen LogP contribution in [0.5, 0.6) is 0 Å². The Balaban J connectivity index is 2.26. The van der Waals surface area contributed by atoms with Gasteiger partial charge in [-0.05, 0) is 35.9 Å².